The van der Waals surface area contributed by atoms with Crippen molar-refractivity contribution in [2.75, 3.05) is 14.1 Å². The predicted octanol–water partition coefficient (Wildman–Crippen LogP) is 3.19. The van der Waals surface area contributed by atoms with Crippen LogP contribution in [0.4, 0.5) is 0 Å². The van der Waals surface area contributed by atoms with Gasteiger partial charge in [-0.25, -0.2) is 0 Å². The minimum Gasteiger partial charge on any atom is -0.489 e. The first-order valence-corrected chi connectivity index (χ1v) is 8.21. The summed E-state index contributed by atoms with van der Waals surface area (Å²) < 4.78 is 5.89. The van der Waals surface area contributed by atoms with E-state index < -0.39 is 5.91 Å². The van der Waals surface area contributed by atoms with Gasteiger partial charge in [0.2, 0.25) is 0 Å². The van der Waals surface area contributed by atoms with E-state index in [4.69, 9.17) is 9.57 Å². The van der Waals surface area contributed by atoms with E-state index in [2.05, 4.69) is 10.1 Å². The molecule has 0 unspecified atom stereocenters. The number of para-hydroxylation sites is 1. The van der Waals surface area contributed by atoms with Crippen LogP contribution in [0.1, 0.15) is 16.7 Å². The van der Waals surface area contributed by atoms with Gasteiger partial charge in [0.1, 0.15) is 25.2 Å². The van der Waals surface area contributed by atoms with Crippen LogP contribution in [0.2, 0.25) is 0 Å². The molecule has 2 rings (SSSR count). The molecule has 0 aromatic heterocycles. The van der Waals surface area contributed by atoms with Crippen molar-refractivity contribution in [3.8, 4) is 5.75 Å². The zero-order valence-electron chi connectivity index (χ0n) is 15.3. The molecule has 0 saturated carbocycles. The molecule has 0 saturated heterocycles. The van der Waals surface area contributed by atoms with E-state index in [1.807, 2.05) is 55.5 Å². The van der Waals surface area contributed by atoms with Gasteiger partial charge in [-0.1, -0.05) is 47.6 Å². The molecule has 0 aliphatic carbocycles. The molecule has 0 N–H and O–H groups in total. The molecule has 1 amide bonds. The number of oxime groups is 1. The topological polar surface area (TPSA) is 63.5 Å². The predicted molar refractivity (Wildman–Crippen MR) is 102 cm³/mol. The third kappa shape index (κ3) is 6.39. The van der Waals surface area contributed by atoms with Crippen LogP contribution in [0, 0.1) is 6.92 Å². The summed E-state index contributed by atoms with van der Waals surface area (Å²) in [5, 5.41) is 3.67. The quantitative estimate of drug-likeness (QED) is 0.415. The lowest BCUT2D eigenvalue weighted by Crippen LogP contribution is -2.10. The lowest BCUT2D eigenvalue weighted by Gasteiger charge is -2.12. The third-order valence-corrected chi connectivity index (χ3v) is 3.47. The largest absolute Gasteiger partial charge is 0.489 e. The molecule has 0 aliphatic rings. The molecule has 0 radical (unpaired) electrons. The number of rotatable bonds is 8. The highest BCUT2D eigenvalue weighted by Gasteiger charge is 2.05. The maximum atomic E-state index is 11.4. The first kappa shape index (κ1) is 19.2. The Morgan fingerprint density at radius 2 is 1.69 bits per heavy atom. The number of aryl methyl sites for hydroxylation is 1. The highest BCUT2D eigenvalue weighted by molar-refractivity contribution is 6.27. The number of carbonyl (C=O) groups excluding carboxylic acids is 1. The fourth-order valence-electron chi connectivity index (χ4n) is 2.11. The normalized spacial score (nSPS) is 11.0. The maximum absolute atomic E-state index is 11.4. The summed E-state index contributed by atoms with van der Waals surface area (Å²) in [6.45, 7) is 2.68. The van der Waals surface area contributed by atoms with E-state index in [1.54, 1.807) is 19.0 Å². The Bertz CT molecular complexity index is 785. The summed E-state index contributed by atoms with van der Waals surface area (Å²) in [5.41, 5.74) is 3.04. The number of carbonyl (C=O) groups is 1. The van der Waals surface area contributed by atoms with Crippen LogP contribution in [-0.2, 0) is 22.8 Å². The number of aliphatic imine (C=N–C) groups is 1. The average Bonchev–Trinajstić information content (AvgIpc) is 2.63. The van der Waals surface area contributed by atoms with E-state index in [0.717, 1.165) is 28.7 Å². The van der Waals surface area contributed by atoms with Gasteiger partial charge in [0.05, 0.1) is 6.34 Å². The Labute approximate surface area is 153 Å². The van der Waals surface area contributed by atoms with Crippen LogP contribution in [0.5, 0.6) is 5.75 Å². The van der Waals surface area contributed by atoms with Crippen molar-refractivity contribution in [1.82, 2.24) is 4.90 Å². The summed E-state index contributed by atoms with van der Waals surface area (Å²) in [7, 11) is 3.56. The number of hydrogen-bond donors (Lipinski definition) is 0. The van der Waals surface area contributed by atoms with E-state index in [-0.39, 0.29) is 6.61 Å². The lowest BCUT2D eigenvalue weighted by molar-refractivity contribution is -0.111. The number of nitrogens with zero attached hydrogens (tertiary/aromatic N) is 3. The second-order valence-electron chi connectivity index (χ2n) is 5.88. The number of hydrogen-bond acceptors (Lipinski definition) is 4. The fraction of sp³-hybridized carbons (Fsp3) is 0.250. The Morgan fingerprint density at radius 1 is 1.04 bits per heavy atom. The van der Waals surface area contributed by atoms with Crippen molar-refractivity contribution >= 4 is 18.5 Å². The Morgan fingerprint density at radius 3 is 2.38 bits per heavy atom. The zero-order valence-corrected chi connectivity index (χ0v) is 15.3. The molecule has 0 spiro atoms. The minimum atomic E-state index is -0.477. The molecule has 2 aromatic rings. The van der Waals surface area contributed by atoms with Crippen molar-refractivity contribution in [3.63, 3.8) is 0 Å². The second-order valence-corrected chi connectivity index (χ2v) is 5.88. The first-order chi connectivity index (χ1) is 12.6. The third-order valence-electron chi connectivity index (χ3n) is 3.47. The van der Waals surface area contributed by atoms with Crippen LogP contribution in [-0.4, -0.2) is 37.5 Å². The Balaban J connectivity index is 1.90. The molecule has 0 fully saturated rings. The van der Waals surface area contributed by atoms with Gasteiger partial charge in [0.15, 0.2) is 0 Å². The zero-order chi connectivity index (χ0) is 18.8. The molecule has 0 aliphatic heterocycles. The molecule has 26 heavy (non-hydrogen) atoms. The van der Waals surface area contributed by atoms with Gasteiger partial charge in [-0.3, -0.25) is 4.79 Å². The molecule has 0 bridgehead atoms. The van der Waals surface area contributed by atoms with Crippen LogP contribution in [0.15, 0.2) is 58.7 Å². The molecule has 6 nitrogen and oxygen atoms in total. The highest BCUT2D eigenvalue weighted by atomic mass is 16.6. The maximum Gasteiger partial charge on any atom is 0.292 e. The average molecular weight is 353 g/mol. The van der Waals surface area contributed by atoms with Gasteiger partial charge < -0.3 is 14.5 Å². The van der Waals surface area contributed by atoms with Gasteiger partial charge in [-0.2, -0.15) is 4.99 Å². The molecule has 2 aromatic carbocycles. The number of benzene rings is 2. The van der Waals surface area contributed by atoms with Gasteiger partial charge in [-0.05, 0) is 29.7 Å². The summed E-state index contributed by atoms with van der Waals surface area (Å²) in [6.07, 6.45) is 2.46. The van der Waals surface area contributed by atoms with Crippen LogP contribution in [0.25, 0.3) is 0 Å². The van der Waals surface area contributed by atoms with E-state index in [9.17, 15) is 4.79 Å². The standard InChI is InChI=1S/C20H23N3O3/c1-16-8-4-7-11-19(16)25-13-17-9-5-6-10-18(17)14-26-22-12-20(24)21-15-23(2)3/h4-12,15H,13-14H2,1-3H3. The van der Waals surface area contributed by atoms with Crippen LogP contribution >= 0.6 is 0 Å². The Kier molecular flexibility index (Phi) is 7.36. The van der Waals surface area contributed by atoms with Crippen LogP contribution < -0.4 is 4.74 Å². The summed E-state index contributed by atoms with van der Waals surface area (Å²) >= 11 is 0. The van der Waals surface area contributed by atoms with Crippen molar-refractivity contribution in [2.24, 2.45) is 10.1 Å². The molecular weight excluding hydrogens is 330 g/mol. The summed E-state index contributed by atoms with van der Waals surface area (Å²) in [5.74, 6) is 0.375. The second kappa shape index (κ2) is 9.98. The van der Waals surface area contributed by atoms with E-state index >= 15 is 0 Å². The fourth-order valence-corrected chi connectivity index (χ4v) is 2.11. The van der Waals surface area contributed by atoms with Gasteiger partial charge in [0, 0.05) is 14.1 Å². The van der Waals surface area contributed by atoms with Gasteiger partial charge in [-0.15, -0.1) is 0 Å². The van der Waals surface area contributed by atoms with Crippen LogP contribution in [0.3, 0.4) is 0 Å². The molecule has 136 valence electrons. The van der Waals surface area contributed by atoms with Gasteiger partial charge in [0.25, 0.3) is 5.91 Å². The molecular formula is C20H23N3O3. The number of amides is 1. The van der Waals surface area contributed by atoms with Crippen molar-refractivity contribution in [2.45, 2.75) is 20.1 Å². The SMILES string of the molecule is Cc1ccccc1OCc1ccccc1CON=CC(=O)N=CN(C)C. The van der Waals surface area contributed by atoms with Crippen molar-refractivity contribution < 1.29 is 14.4 Å². The Hall–Kier alpha value is -3.15. The van der Waals surface area contributed by atoms with Gasteiger partial charge >= 0.3 is 0 Å². The van der Waals surface area contributed by atoms with E-state index in [0.29, 0.717) is 6.61 Å². The molecule has 0 heterocycles. The molecule has 0 atom stereocenters. The first-order valence-electron chi connectivity index (χ1n) is 8.21. The lowest BCUT2D eigenvalue weighted by atomic mass is 10.1. The summed E-state index contributed by atoms with van der Waals surface area (Å²) in [6, 6.07) is 15.7. The van der Waals surface area contributed by atoms with Crippen molar-refractivity contribution in [3.05, 3.63) is 65.2 Å². The summed E-state index contributed by atoms with van der Waals surface area (Å²) in [4.78, 5) is 22.0. The minimum absolute atomic E-state index is 0.245. The monoisotopic (exact) mass is 353 g/mol. The smallest absolute Gasteiger partial charge is 0.292 e. The highest BCUT2D eigenvalue weighted by Crippen LogP contribution is 2.19. The molecule has 6 heteroatoms. The number of ether oxygens (including phenoxy) is 1. The van der Waals surface area contributed by atoms with E-state index in [1.165, 1.54) is 6.34 Å². The van der Waals surface area contributed by atoms with Crippen molar-refractivity contribution in [1.29, 1.82) is 0 Å².